The Hall–Kier alpha value is -3.86. The van der Waals surface area contributed by atoms with E-state index < -0.39 is 17.7 Å². The smallest absolute Gasteiger partial charge is 0.300 e. The number of aliphatic hydroxyl groups is 1. The summed E-state index contributed by atoms with van der Waals surface area (Å²) in [6, 6.07) is 21.3. The van der Waals surface area contributed by atoms with Crippen molar-refractivity contribution in [3.63, 3.8) is 0 Å². The molecule has 162 valence electrons. The number of amides is 1. The van der Waals surface area contributed by atoms with E-state index >= 15 is 0 Å². The summed E-state index contributed by atoms with van der Waals surface area (Å²) >= 11 is 0. The topological polar surface area (TPSA) is 66.8 Å². The van der Waals surface area contributed by atoms with Crippen LogP contribution in [0.15, 0.2) is 78.4 Å². The minimum atomic E-state index is -0.743. The highest BCUT2D eigenvalue weighted by Gasteiger charge is 2.47. The van der Waals surface area contributed by atoms with Gasteiger partial charge in [-0.15, -0.1) is 0 Å². The average Bonchev–Trinajstić information content (AvgIpc) is 3.04. The molecule has 0 spiro atoms. The van der Waals surface area contributed by atoms with Crippen molar-refractivity contribution >= 4 is 23.1 Å². The second kappa shape index (κ2) is 8.71. The number of Topliss-reactive ketones (excluding diaryl/α,β-unsaturated/α-hetero) is 1. The molecule has 5 nitrogen and oxygen atoms in total. The quantitative estimate of drug-likeness (QED) is 0.340. The maximum absolute atomic E-state index is 13.2. The van der Waals surface area contributed by atoms with Crippen LogP contribution in [0.25, 0.3) is 5.76 Å². The maximum atomic E-state index is 13.2. The van der Waals surface area contributed by atoms with Gasteiger partial charge in [0.15, 0.2) is 0 Å². The molecule has 0 aliphatic carbocycles. The zero-order chi connectivity index (χ0) is 22.8. The fourth-order valence-corrected chi connectivity index (χ4v) is 4.09. The number of ether oxygens (including phenoxy) is 1. The molecule has 1 N–H and O–H groups in total. The molecule has 1 heterocycles. The minimum absolute atomic E-state index is 0.0655. The van der Waals surface area contributed by atoms with E-state index in [1.54, 1.807) is 30.3 Å². The highest BCUT2D eigenvalue weighted by Crippen LogP contribution is 2.42. The van der Waals surface area contributed by atoms with Crippen molar-refractivity contribution in [3.8, 4) is 5.75 Å². The third kappa shape index (κ3) is 3.89. The van der Waals surface area contributed by atoms with Crippen LogP contribution in [0.3, 0.4) is 0 Å². The van der Waals surface area contributed by atoms with Gasteiger partial charge >= 0.3 is 0 Å². The number of benzene rings is 3. The molecule has 1 atom stereocenters. The number of hydrogen-bond acceptors (Lipinski definition) is 4. The summed E-state index contributed by atoms with van der Waals surface area (Å²) in [6.45, 7) is 6.23. The predicted molar refractivity (Wildman–Crippen MR) is 125 cm³/mol. The number of rotatable bonds is 5. The van der Waals surface area contributed by atoms with E-state index in [0.717, 1.165) is 16.7 Å². The van der Waals surface area contributed by atoms with Gasteiger partial charge in [0.1, 0.15) is 11.5 Å². The van der Waals surface area contributed by atoms with Gasteiger partial charge in [0.05, 0.1) is 18.2 Å². The summed E-state index contributed by atoms with van der Waals surface area (Å²) in [6.07, 6.45) is 0. The van der Waals surface area contributed by atoms with Gasteiger partial charge in [0.2, 0.25) is 0 Å². The van der Waals surface area contributed by atoms with Gasteiger partial charge < -0.3 is 9.84 Å². The van der Waals surface area contributed by atoms with Crippen LogP contribution in [-0.2, 0) is 9.59 Å². The number of nitrogens with zero attached hydrogens (tertiary/aromatic N) is 1. The van der Waals surface area contributed by atoms with Crippen molar-refractivity contribution in [1.29, 1.82) is 0 Å². The van der Waals surface area contributed by atoms with Gasteiger partial charge in [-0.05, 0) is 56.2 Å². The van der Waals surface area contributed by atoms with Gasteiger partial charge in [-0.2, -0.15) is 0 Å². The first-order chi connectivity index (χ1) is 15.4. The highest BCUT2D eigenvalue weighted by atomic mass is 16.5. The monoisotopic (exact) mass is 427 g/mol. The molecular formula is C27H25NO4. The highest BCUT2D eigenvalue weighted by molar-refractivity contribution is 6.51. The molecule has 0 bridgehead atoms. The molecule has 5 heteroatoms. The Morgan fingerprint density at radius 2 is 1.62 bits per heavy atom. The number of aryl methyl sites for hydroxylation is 2. The number of hydrogen-bond donors (Lipinski definition) is 1. The molecule has 1 amide bonds. The molecule has 32 heavy (non-hydrogen) atoms. The Morgan fingerprint density at radius 1 is 0.938 bits per heavy atom. The van der Waals surface area contributed by atoms with E-state index in [2.05, 4.69) is 0 Å². The van der Waals surface area contributed by atoms with Crippen LogP contribution in [0.1, 0.15) is 35.2 Å². The van der Waals surface area contributed by atoms with Gasteiger partial charge in [0.25, 0.3) is 11.7 Å². The molecule has 1 aliphatic rings. The summed E-state index contributed by atoms with van der Waals surface area (Å²) in [4.78, 5) is 27.9. The third-order valence-electron chi connectivity index (χ3n) is 5.50. The Labute approximate surface area is 187 Å². The summed E-state index contributed by atoms with van der Waals surface area (Å²) in [7, 11) is 0. The van der Waals surface area contributed by atoms with Gasteiger partial charge in [-0.25, -0.2) is 0 Å². The second-order valence-corrected chi connectivity index (χ2v) is 7.88. The largest absolute Gasteiger partial charge is 0.507 e. The van der Waals surface area contributed by atoms with E-state index in [-0.39, 0.29) is 11.3 Å². The SMILES string of the molecule is CCOc1cccc(/C(O)=C2\C(=O)C(=O)N(c3cccc(C)c3)C2c2cccc(C)c2)c1. The molecular weight excluding hydrogens is 402 g/mol. The first-order valence-electron chi connectivity index (χ1n) is 10.6. The summed E-state index contributed by atoms with van der Waals surface area (Å²) in [5.74, 6) is -1.01. The minimum Gasteiger partial charge on any atom is -0.507 e. The van der Waals surface area contributed by atoms with Crippen molar-refractivity contribution < 1.29 is 19.4 Å². The number of aliphatic hydroxyl groups excluding tert-OH is 1. The second-order valence-electron chi connectivity index (χ2n) is 7.88. The van der Waals surface area contributed by atoms with Gasteiger partial charge in [-0.1, -0.05) is 54.1 Å². The Bertz CT molecular complexity index is 1230. The normalized spacial score (nSPS) is 17.6. The van der Waals surface area contributed by atoms with Crippen LogP contribution in [0.5, 0.6) is 5.75 Å². The van der Waals surface area contributed by atoms with Crippen LogP contribution in [0.2, 0.25) is 0 Å². The summed E-state index contributed by atoms with van der Waals surface area (Å²) < 4.78 is 5.54. The molecule has 0 saturated carbocycles. The molecule has 1 unspecified atom stereocenters. The Kier molecular flexibility index (Phi) is 5.82. The van der Waals surface area contributed by atoms with E-state index in [1.165, 1.54) is 4.90 Å². The lowest BCUT2D eigenvalue weighted by Gasteiger charge is -2.26. The van der Waals surface area contributed by atoms with E-state index in [1.807, 2.05) is 63.2 Å². The van der Waals surface area contributed by atoms with Crippen LogP contribution < -0.4 is 9.64 Å². The number of carbonyl (C=O) groups excluding carboxylic acids is 2. The molecule has 4 rings (SSSR count). The fraction of sp³-hybridized carbons (Fsp3) is 0.185. The molecule has 0 radical (unpaired) electrons. The van der Waals surface area contributed by atoms with E-state index in [9.17, 15) is 14.7 Å². The average molecular weight is 428 g/mol. The van der Waals surface area contributed by atoms with Crippen molar-refractivity contribution in [2.45, 2.75) is 26.8 Å². The lowest BCUT2D eigenvalue weighted by Crippen LogP contribution is -2.29. The third-order valence-corrected chi connectivity index (χ3v) is 5.50. The number of ketones is 1. The first kappa shape index (κ1) is 21.4. The van der Waals surface area contributed by atoms with Gasteiger partial charge in [-0.3, -0.25) is 14.5 Å². The van der Waals surface area contributed by atoms with Crippen molar-refractivity contribution in [2.75, 3.05) is 11.5 Å². The molecule has 1 aliphatic heterocycles. The summed E-state index contributed by atoms with van der Waals surface area (Å²) in [5, 5.41) is 11.2. The number of anilines is 1. The Balaban J connectivity index is 1.94. The zero-order valence-electron chi connectivity index (χ0n) is 18.3. The van der Waals surface area contributed by atoms with Crippen LogP contribution in [0, 0.1) is 13.8 Å². The lowest BCUT2D eigenvalue weighted by molar-refractivity contribution is -0.132. The van der Waals surface area contributed by atoms with Gasteiger partial charge in [0, 0.05) is 11.3 Å². The van der Waals surface area contributed by atoms with Crippen molar-refractivity contribution in [2.24, 2.45) is 0 Å². The van der Waals surface area contributed by atoms with E-state index in [4.69, 9.17) is 4.74 Å². The zero-order valence-corrected chi connectivity index (χ0v) is 18.3. The molecule has 1 fully saturated rings. The van der Waals surface area contributed by atoms with E-state index in [0.29, 0.717) is 23.6 Å². The molecule has 3 aromatic carbocycles. The molecule has 1 saturated heterocycles. The maximum Gasteiger partial charge on any atom is 0.300 e. The molecule has 3 aromatic rings. The molecule has 0 aromatic heterocycles. The Morgan fingerprint density at radius 3 is 2.31 bits per heavy atom. The van der Waals surface area contributed by atoms with Crippen LogP contribution in [0.4, 0.5) is 5.69 Å². The fourth-order valence-electron chi connectivity index (χ4n) is 4.09. The van der Waals surface area contributed by atoms with Crippen LogP contribution in [-0.4, -0.2) is 23.4 Å². The van der Waals surface area contributed by atoms with Crippen LogP contribution >= 0.6 is 0 Å². The standard InChI is InChI=1S/C27H25NO4/c1-4-32-22-13-7-11-20(16-22)25(29)23-24(19-10-5-8-17(2)14-19)28(27(31)26(23)30)21-12-6-9-18(3)15-21/h5-16,24,29H,4H2,1-3H3/b25-23+. The summed E-state index contributed by atoms with van der Waals surface area (Å²) in [5.41, 5.74) is 3.83. The van der Waals surface area contributed by atoms with Crippen molar-refractivity contribution in [1.82, 2.24) is 0 Å². The van der Waals surface area contributed by atoms with Crippen molar-refractivity contribution in [3.05, 3.63) is 101 Å². The first-order valence-corrected chi connectivity index (χ1v) is 10.6. The lowest BCUT2D eigenvalue weighted by atomic mass is 9.94. The number of carbonyl (C=O) groups is 2. The predicted octanol–water partition coefficient (Wildman–Crippen LogP) is 5.33.